The van der Waals surface area contributed by atoms with Crippen LogP contribution in [-0.4, -0.2) is 70.1 Å². The summed E-state index contributed by atoms with van der Waals surface area (Å²) in [6.45, 7) is 9.70. The minimum atomic E-state index is 0.503. The maximum Gasteiger partial charge on any atom is 0.225 e. The molecule has 200 valence electrons. The van der Waals surface area contributed by atoms with E-state index in [1.54, 1.807) is 18.5 Å². The molecule has 38 heavy (non-hydrogen) atoms. The lowest BCUT2D eigenvalue weighted by Gasteiger charge is -2.34. The summed E-state index contributed by atoms with van der Waals surface area (Å²) in [5.74, 6) is 2.64. The first-order chi connectivity index (χ1) is 18.5. The van der Waals surface area contributed by atoms with Gasteiger partial charge in [0.1, 0.15) is 0 Å². The fraction of sp³-hybridized carbons (Fsp3) is 0.483. The van der Waals surface area contributed by atoms with Crippen LogP contribution in [0.25, 0.3) is 11.3 Å². The van der Waals surface area contributed by atoms with Crippen LogP contribution in [0.2, 0.25) is 10.0 Å². The number of nitrogens with zero attached hydrogens (tertiary/aromatic N) is 6. The summed E-state index contributed by atoms with van der Waals surface area (Å²) in [5, 5.41) is 1.16. The predicted molar refractivity (Wildman–Crippen MR) is 152 cm³/mol. The number of halogens is 2. The summed E-state index contributed by atoms with van der Waals surface area (Å²) >= 11 is 12.6. The van der Waals surface area contributed by atoms with Crippen LogP contribution in [0.15, 0.2) is 42.7 Å². The molecule has 3 saturated heterocycles. The fourth-order valence-corrected chi connectivity index (χ4v) is 6.41. The van der Waals surface area contributed by atoms with Crippen molar-refractivity contribution >= 4 is 29.2 Å². The van der Waals surface area contributed by atoms with Gasteiger partial charge in [0, 0.05) is 60.4 Å². The summed E-state index contributed by atoms with van der Waals surface area (Å²) in [6.07, 6.45) is 8.43. The minimum absolute atomic E-state index is 0.503. The number of ether oxygens (including phenoxy) is 1. The highest BCUT2D eigenvalue weighted by atomic mass is 35.5. The summed E-state index contributed by atoms with van der Waals surface area (Å²) in [5.41, 5.74) is 2.79. The van der Waals surface area contributed by atoms with Gasteiger partial charge in [-0.15, -0.1) is 0 Å². The summed E-state index contributed by atoms with van der Waals surface area (Å²) in [6, 6.07) is 10.1. The lowest BCUT2D eigenvalue weighted by Crippen LogP contribution is -2.47. The number of anilines is 1. The molecule has 6 rings (SSSR count). The molecule has 0 aliphatic carbocycles. The Bertz CT molecular complexity index is 1250. The second-order valence-corrected chi connectivity index (χ2v) is 11.8. The van der Waals surface area contributed by atoms with E-state index in [0.717, 1.165) is 68.0 Å². The van der Waals surface area contributed by atoms with Crippen LogP contribution in [0.5, 0.6) is 11.6 Å². The van der Waals surface area contributed by atoms with Gasteiger partial charge in [-0.25, -0.2) is 15.0 Å². The van der Waals surface area contributed by atoms with Gasteiger partial charge in [0.2, 0.25) is 11.8 Å². The molecule has 3 aromatic rings. The van der Waals surface area contributed by atoms with Crippen LogP contribution < -0.4 is 9.64 Å². The van der Waals surface area contributed by atoms with E-state index in [2.05, 4.69) is 37.7 Å². The van der Waals surface area contributed by atoms with Crippen molar-refractivity contribution in [1.82, 2.24) is 24.8 Å². The zero-order valence-electron chi connectivity index (χ0n) is 21.8. The summed E-state index contributed by atoms with van der Waals surface area (Å²) in [4.78, 5) is 21.5. The van der Waals surface area contributed by atoms with Gasteiger partial charge >= 0.3 is 0 Å². The Balaban J connectivity index is 1.25. The molecule has 1 aromatic carbocycles. The molecule has 3 atom stereocenters. The van der Waals surface area contributed by atoms with Gasteiger partial charge in [-0.05, 0) is 74.5 Å². The van der Waals surface area contributed by atoms with E-state index in [9.17, 15) is 0 Å². The van der Waals surface area contributed by atoms with Crippen molar-refractivity contribution in [1.29, 1.82) is 0 Å². The normalized spacial score (nSPS) is 23.9. The molecular formula is C29H34Cl2N6O. The number of fused-ring (bicyclic) bond motifs is 2. The maximum absolute atomic E-state index is 6.32. The molecule has 0 saturated carbocycles. The first-order valence-electron chi connectivity index (χ1n) is 13.7. The third-order valence-corrected chi connectivity index (χ3v) is 8.41. The summed E-state index contributed by atoms with van der Waals surface area (Å²) in [7, 11) is 0. The minimum Gasteiger partial charge on any atom is -0.436 e. The molecule has 3 fully saturated rings. The van der Waals surface area contributed by atoms with E-state index in [1.165, 1.54) is 32.2 Å². The van der Waals surface area contributed by atoms with E-state index >= 15 is 0 Å². The Morgan fingerprint density at radius 1 is 0.895 bits per heavy atom. The molecule has 2 bridgehead atoms. The number of piperazine rings is 1. The third-order valence-electron chi connectivity index (χ3n) is 7.97. The highest BCUT2D eigenvalue weighted by molar-refractivity contribution is 6.35. The van der Waals surface area contributed by atoms with Crippen molar-refractivity contribution in [2.45, 2.75) is 45.2 Å². The van der Waals surface area contributed by atoms with Crippen LogP contribution in [0.1, 0.15) is 38.2 Å². The molecule has 9 heteroatoms. The summed E-state index contributed by atoms with van der Waals surface area (Å²) < 4.78 is 6.23. The number of benzene rings is 1. The van der Waals surface area contributed by atoms with Gasteiger partial charge in [-0.2, -0.15) is 0 Å². The van der Waals surface area contributed by atoms with Gasteiger partial charge < -0.3 is 9.64 Å². The highest BCUT2D eigenvalue weighted by Crippen LogP contribution is 2.31. The zero-order chi connectivity index (χ0) is 26.1. The number of likely N-dealkylation sites (tertiary alicyclic amines) is 1. The molecule has 3 aliphatic heterocycles. The molecule has 5 heterocycles. The molecule has 0 spiro atoms. The molecular weight excluding hydrogens is 519 g/mol. The van der Waals surface area contributed by atoms with E-state index in [0.29, 0.717) is 27.7 Å². The van der Waals surface area contributed by atoms with Crippen LogP contribution in [0.3, 0.4) is 0 Å². The van der Waals surface area contributed by atoms with Gasteiger partial charge in [0.05, 0.1) is 18.1 Å². The van der Waals surface area contributed by atoms with E-state index < -0.39 is 0 Å². The number of rotatable bonds is 6. The van der Waals surface area contributed by atoms with Crippen molar-refractivity contribution < 1.29 is 4.74 Å². The Morgan fingerprint density at radius 3 is 2.53 bits per heavy atom. The molecule has 7 nitrogen and oxygen atoms in total. The second kappa shape index (κ2) is 11.3. The Labute approximate surface area is 234 Å². The van der Waals surface area contributed by atoms with Gasteiger partial charge in [0.15, 0.2) is 5.75 Å². The van der Waals surface area contributed by atoms with E-state index in [1.807, 2.05) is 18.2 Å². The monoisotopic (exact) mass is 552 g/mol. The van der Waals surface area contributed by atoms with E-state index in [-0.39, 0.29) is 0 Å². The van der Waals surface area contributed by atoms with Gasteiger partial charge in [0.25, 0.3) is 0 Å². The first-order valence-corrected chi connectivity index (χ1v) is 14.4. The lowest BCUT2D eigenvalue weighted by molar-refractivity contribution is 0.273. The van der Waals surface area contributed by atoms with Crippen molar-refractivity contribution in [2.75, 3.05) is 44.2 Å². The number of hydrogen-bond acceptors (Lipinski definition) is 7. The molecule has 0 amide bonds. The molecule has 0 radical (unpaired) electrons. The van der Waals surface area contributed by atoms with Crippen LogP contribution >= 0.6 is 23.2 Å². The number of aromatic nitrogens is 3. The topological polar surface area (TPSA) is 57.6 Å². The Kier molecular flexibility index (Phi) is 7.70. The number of hydrogen-bond donors (Lipinski definition) is 0. The fourth-order valence-electron chi connectivity index (χ4n) is 5.89. The van der Waals surface area contributed by atoms with E-state index in [4.69, 9.17) is 32.9 Å². The molecule has 0 N–H and O–H groups in total. The molecule has 3 aliphatic rings. The average Bonchev–Trinajstić information content (AvgIpc) is 3.14. The van der Waals surface area contributed by atoms with Crippen molar-refractivity contribution in [3.05, 3.63) is 58.3 Å². The van der Waals surface area contributed by atoms with Crippen molar-refractivity contribution in [3.8, 4) is 22.9 Å². The second-order valence-electron chi connectivity index (χ2n) is 10.9. The number of pyridine rings is 1. The Morgan fingerprint density at radius 2 is 1.71 bits per heavy atom. The SMILES string of the molecule is CC1CCCN(Cc2cc(Oc3cnc(N4CCN5CCC4C5)nc3)nc(-c3cc(Cl)cc(Cl)c3)c2)CC1. The quantitative estimate of drug-likeness (QED) is 0.363. The highest BCUT2D eigenvalue weighted by Gasteiger charge is 2.33. The third kappa shape index (κ3) is 6.07. The van der Waals surface area contributed by atoms with Gasteiger partial charge in [-0.1, -0.05) is 30.1 Å². The van der Waals surface area contributed by atoms with Gasteiger partial charge in [-0.3, -0.25) is 9.80 Å². The first kappa shape index (κ1) is 25.8. The molecule has 3 unspecified atom stereocenters. The predicted octanol–water partition coefficient (Wildman–Crippen LogP) is 6.15. The largest absolute Gasteiger partial charge is 0.436 e. The smallest absolute Gasteiger partial charge is 0.225 e. The maximum atomic E-state index is 6.32. The molecule has 2 aromatic heterocycles. The standard InChI is InChI=1S/C29H34Cl2N6O/c1-20-3-2-6-35(7-4-20)18-21-11-27(22-13-23(30)15-24(31)14-22)34-28(12-21)38-26-16-32-29(33-17-26)37-10-9-36-8-5-25(37)19-36/h11-17,20,25H,2-10,18-19H2,1H3. The average molecular weight is 554 g/mol. The Hall–Kier alpha value is -2.45. The van der Waals surface area contributed by atoms with Crippen molar-refractivity contribution in [3.63, 3.8) is 0 Å². The lowest BCUT2D eigenvalue weighted by atomic mass is 10.0. The zero-order valence-corrected chi connectivity index (χ0v) is 23.3. The van der Waals surface area contributed by atoms with Crippen molar-refractivity contribution in [2.24, 2.45) is 5.92 Å². The van der Waals surface area contributed by atoms with Crippen LogP contribution in [0, 0.1) is 5.92 Å². The van der Waals surface area contributed by atoms with Crippen LogP contribution in [0.4, 0.5) is 5.95 Å². The van der Waals surface area contributed by atoms with Crippen LogP contribution in [-0.2, 0) is 6.54 Å².